The Balaban J connectivity index is 0.00000132. The molecular formula is C23H23F2N3O2S. The molecule has 1 aromatic carbocycles. The Bertz CT molecular complexity index is 1230. The molecular weight excluding hydrogens is 420 g/mol. The van der Waals surface area contributed by atoms with E-state index < -0.39 is 23.2 Å². The first kappa shape index (κ1) is 22.6. The average Bonchev–Trinajstić information content (AvgIpc) is 3.35. The highest BCUT2D eigenvalue weighted by Gasteiger charge is 2.22. The van der Waals surface area contributed by atoms with Crippen LogP contribution in [0.1, 0.15) is 45.1 Å². The fourth-order valence-electron chi connectivity index (χ4n) is 2.90. The number of rotatable bonds is 3. The molecule has 0 fully saturated rings. The van der Waals surface area contributed by atoms with Gasteiger partial charge in [-0.15, -0.1) is 11.3 Å². The summed E-state index contributed by atoms with van der Waals surface area (Å²) in [5.41, 5.74) is 1.37. The Morgan fingerprint density at radius 1 is 1.13 bits per heavy atom. The highest BCUT2D eigenvalue weighted by atomic mass is 32.1. The summed E-state index contributed by atoms with van der Waals surface area (Å²) in [7, 11) is 0. The molecule has 162 valence electrons. The predicted molar refractivity (Wildman–Crippen MR) is 119 cm³/mol. The lowest BCUT2D eigenvalue weighted by Gasteiger charge is -2.18. The van der Waals surface area contributed by atoms with Crippen LogP contribution in [0.5, 0.6) is 0 Å². The van der Waals surface area contributed by atoms with Gasteiger partial charge in [-0.25, -0.2) is 23.5 Å². The second-order valence-corrected chi connectivity index (χ2v) is 8.27. The molecule has 0 atom stereocenters. The molecule has 4 rings (SSSR count). The molecule has 0 bridgehead atoms. The van der Waals surface area contributed by atoms with Crippen molar-refractivity contribution in [3.8, 4) is 16.3 Å². The van der Waals surface area contributed by atoms with E-state index in [1.54, 1.807) is 49.2 Å². The SMILES string of the molecule is CC.CC(C)(C)OC(=O)c1csc(-n2cc(-c3ccc(F)c(F)c3)c3cccnc32)n1. The van der Waals surface area contributed by atoms with E-state index in [-0.39, 0.29) is 5.69 Å². The van der Waals surface area contributed by atoms with Gasteiger partial charge in [-0.3, -0.25) is 4.57 Å². The third-order valence-electron chi connectivity index (χ3n) is 4.10. The number of halogens is 2. The van der Waals surface area contributed by atoms with E-state index in [9.17, 15) is 13.6 Å². The molecule has 3 heterocycles. The monoisotopic (exact) mass is 443 g/mol. The maximum atomic E-state index is 13.8. The van der Waals surface area contributed by atoms with Crippen molar-refractivity contribution in [2.24, 2.45) is 0 Å². The van der Waals surface area contributed by atoms with E-state index in [1.807, 2.05) is 19.9 Å². The molecule has 0 amide bonds. The molecule has 5 nitrogen and oxygen atoms in total. The van der Waals surface area contributed by atoms with Gasteiger partial charge in [0.25, 0.3) is 0 Å². The number of carbonyl (C=O) groups excluding carboxylic acids is 1. The van der Waals surface area contributed by atoms with Crippen LogP contribution < -0.4 is 0 Å². The van der Waals surface area contributed by atoms with Gasteiger partial charge >= 0.3 is 5.97 Å². The van der Waals surface area contributed by atoms with E-state index in [0.717, 1.165) is 17.5 Å². The van der Waals surface area contributed by atoms with Crippen molar-refractivity contribution in [1.82, 2.24) is 14.5 Å². The van der Waals surface area contributed by atoms with Crippen LogP contribution in [0.2, 0.25) is 0 Å². The normalized spacial score (nSPS) is 11.2. The Morgan fingerprint density at radius 3 is 2.55 bits per heavy atom. The second-order valence-electron chi connectivity index (χ2n) is 7.43. The third kappa shape index (κ3) is 4.80. The van der Waals surface area contributed by atoms with Crippen LogP contribution in [0.25, 0.3) is 27.3 Å². The molecule has 0 aliphatic heterocycles. The fourth-order valence-corrected chi connectivity index (χ4v) is 3.67. The van der Waals surface area contributed by atoms with Crippen molar-refractivity contribution in [2.45, 2.75) is 40.2 Å². The summed E-state index contributed by atoms with van der Waals surface area (Å²) in [5, 5.41) is 2.89. The Kier molecular flexibility index (Phi) is 6.50. The summed E-state index contributed by atoms with van der Waals surface area (Å²) >= 11 is 1.26. The Hall–Kier alpha value is -3.13. The van der Waals surface area contributed by atoms with Crippen molar-refractivity contribution in [1.29, 1.82) is 0 Å². The largest absolute Gasteiger partial charge is 0.455 e. The molecule has 0 saturated heterocycles. The van der Waals surface area contributed by atoms with Gasteiger partial charge in [0.15, 0.2) is 22.5 Å². The first-order valence-corrected chi connectivity index (χ1v) is 10.7. The van der Waals surface area contributed by atoms with Crippen LogP contribution >= 0.6 is 11.3 Å². The minimum absolute atomic E-state index is 0.201. The molecule has 0 aliphatic rings. The topological polar surface area (TPSA) is 57.0 Å². The highest BCUT2D eigenvalue weighted by Crippen LogP contribution is 2.33. The van der Waals surface area contributed by atoms with Gasteiger partial charge in [0.05, 0.1) is 0 Å². The van der Waals surface area contributed by atoms with Crippen molar-refractivity contribution in [3.63, 3.8) is 0 Å². The Labute approximate surface area is 183 Å². The quantitative estimate of drug-likeness (QED) is 0.343. The Morgan fingerprint density at radius 2 is 1.87 bits per heavy atom. The number of fused-ring (bicyclic) bond motifs is 1. The van der Waals surface area contributed by atoms with Crippen LogP contribution in [0.4, 0.5) is 8.78 Å². The van der Waals surface area contributed by atoms with E-state index >= 15 is 0 Å². The molecule has 4 aromatic rings. The van der Waals surface area contributed by atoms with Crippen molar-refractivity contribution >= 4 is 28.3 Å². The van der Waals surface area contributed by atoms with Crippen LogP contribution in [-0.4, -0.2) is 26.1 Å². The maximum Gasteiger partial charge on any atom is 0.358 e. The maximum absolute atomic E-state index is 13.8. The van der Waals surface area contributed by atoms with Crippen molar-refractivity contribution in [2.75, 3.05) is 0 Å². The number of aromatic nitrogens is 3. The lowest BCUT2D eigenvalue weighted by atomic mass is 10.1. The zero-order chi connectivity index (χ0) is 22.8. The number of ether oxygens (including phenoxy) is 1. The van der Waals surface area contributed by atoms with Gasteiger partial charge in [-0.1, -0.05) is 19.9 Å². The summed E-state index contributed by atoms with van der Waals surface area (Å²) in [6.45, 7) is 9.36. The highest BCUT2D eigenvalue weighted by molar-refractivity contribution is 7.12. The number of hydrogen-bond donors (Lipinski definition) is 0. The molecule has 0 unspecified atom stereocenters. The minimum Gasteiger partial charge on any atom is -0.455 e. The van der Waals surface area contributed by atoms with Gasteiger partial charge in [0.1, 0.15) is 11.2 Å². The zero-order valence-electron chi connectivity index (χ0n) is 17.9. The molecule has 0 radical (unpaired) electrons. The number of thiazole rings is 1. The molecule has 8 heteroatoms. The minimum atomic E-state index is -0.922. The summed E-state index contributed by atoms with van der Waals surface area (Å²) in [4.78, 5) is 21.1. The lowest BCUT2D eigenvalue weighted by Crippen LogP contribution is -2.24. The zero-order valence-corrected chi connectivity index (χ0v) is 18.8. The number of hydrogen-bond acceptors (Lipinski definition) is 5. The van der Waals surface area contributed by atoms with Gasteiger partial charge < -0.3 is 4.74 Å². The number of benzene rings is 1. The van der Waals surface area contributed by atoms with Crippen LogP contribution in [0.15, 0.2) is 48.1 Å². The molecule has 0 N–H and O–H groups in total. The molecule has 0 saturated carbocycles. The average molecular weight is 444 g/mol. The predicted octanol–water partition coefficient (Wildman–Crippen LogP) is 6.41. The van der Waals surface area contributed by atoms with Crippen LogP contribution in [-0.2, 0) is 4.74 Å². The molecule has 31 heavy (non-hydrogen) atoms. The van der Waals surface area contributed by atoms with Crippen molar-refractivity contribution in [3.05, 3.63) is 65.4 Å². The number of esters is 1. The lowest BCUT2D eigenvalue weighted by molar-refractivity contribution is 0.00636. The van der Waals surface area contributed by atoms with Crippen LogP contribution in [0.3, 0.4) is 0 Å². The fraction of sp³-hybridized carbons (Fsp3) is 0.261. The van der Waals surface area contributed by atoms with E-state index in [4.69, 9.17) is 4.74 Å². The summed E-state index contributed by atoms with van der Waals surface area (Å²) in [6, 6.07) is 7.37. The van der Waals surface area contributed by atoms with Gasteiger partial charge in [0.2, 0.25) is 0 Å². The number of nitrogens with zero attached hydrogens (tertiary/aromatic N) is 3. The molecule has 3 aromatic heterocycles. The van der Waals surface area contributed by atoms with Gasteiger partial charge in [-0.2, -0.15) is 0 Å². The van der Waals surface area contributed by atoms with E-state index in [0.29, 0.717) is 21.9 Å². The smallest absolute Gasteiger partial charge is 0.358 e. The van der Waals surface area contributed by atoms with Gasteiger partial charge in [0, 0.05) is 28.7 Å². The van der Waals surface area contributed by atoms with Gasteiger partial charge in [-0.05, 0) is 50.6 Å². The molecule has 0 spiro atoms. The summed E-state index contributed by atoms with van der Waals surface area (Å²) in [5.74, 6) is -2.34. The molecule has 0 aliphatic carbocycles. The standard InChI is InChI=1S/C21H17F2N3O2S.C2H6/c1-21(2,3)28-19(27)17-11-29-20(25-17)26-10-14(13-5-4-8-24-18(13)26)12-6-7-15(22)16(23)9-12;1-2/h4-11H,1-3H3;1-2H3. The first-order chi connectivity index (χ1) is 14.7. The number of carbonyl (C=O) groups is 1. The third-order valence-corrected chi connectivity index (χ3v) is 4.94. The number of pyridine rings is 1. The van der Waals surface area contributed by atoms with E-state index in [1.165, 1.54) is 17.4 Å². The van der Waals surface area contributed by atoms with Crippen molar-refractivity contribution < 1.29 is 18.3 Å². The summed E-state index contributed by atoms with van der Waals surface area (Å²) < 4.78 is 34.2. The van der Waals surface area contributed by atoms with E-state index in [2.05, 4.69) is 9.97 Å². The first-order valence-electron chi connectivity index (χ1n) is 9.84. The summed E-state index contributed by atoms with van der Waals surface area (Å²) in [6.07, 6.45) is 3.39. The van der Waals surface area contributed by atoms with Crippen LogP contribution in [0, 0.1) is 11.6 Å². The second kappa shape index (κ2) is 8.93.